The molecule has 1 atom stereocenters. The second kappa shape index (κ2) is 9.29. The van der Waals surface area contributed by atoms with Gasteiger partial charge in [0.25, 0.3) is 11.9 Å². The predicted octanol–water partition coefficient (Wildman–Crippen LogP) is 1.28. The number of piperazine rings is 1. The smallest absolute Gasteiger partial charge is 0.410 e. The van der Waals surface area contributed by atoms with E-state index in [-0.39, 0.29) is 18.3 Å². The molecule has 31 heavy (non-hydrogen) atoms. The highest BCUT2D eigenvalue weighted by molar-refractivity contribution is 6.44. The van der Waals surface area contributed by atoms with E-state index < -0.39 is 22.5 Å². The summed E-state index contributed by atoms with van der Waals surface area (Å²) in [5.41, 5.74) is 3.47. The molecule has 1 unspecified atom stereocenters. The minimum absolute atomic E-state index is 0.00980. The molecule has 2 amide bonds. The molecule has 0 aliphatic carbocycles. The van der Waals surface area contributed by atoms with E-state index in [1.54, 1.807) is 17.0 Å². The Balaban J connectivity index is 1.48. The number of hydrazone groups is 1. The number of benzene rings is 1. The summed E-state index contributed by atoms with van der Waals surface area (Å²) < 4.78 is 5.42. The molecule has 0 bridgehead atoms. The normalized spacial score (nSPS) is 19.4. The topological polar surface area (TPSA) is 129 Å². The average Bonchev–Trinajstić information content (AvgIpc) is 3.19. The molecule has 3 rings (SSSR count). The second-order valence-corrected chi connectivity index (χ2v) is 8.56. The van der Waals surface area contributed by atoms with Crippen LogP contribution in [-0.4, -0.2) is 76.8 Å². The Morgan fingerprint density at radius 1 is 1.23 bits per heavy atom. The van der Waals surface area contributed by atoms with E-state index in [4.69, 9.17) is 4.74 Å². The molecule has 0 radical (unpaired) electrons. The lowest BCUT2D eigenvalue weighted by atomic mass is 10.1. The number of carbonyl (C=O) groups is 2. The van der Waals surface area contributed by atoms with Crippen molar-refractivity contribution in [3.8, 4) is 0 Å². The fourth-order valence-corrected chi connectivity index (χ4v) is 3.33. The monoisotopic (exact) mass is 432 g/mol. The lowest BCUT2D eigenvalue weighted by Gasteiger charge is -2.35. The van der Waals surface area contributed by atoms with Crippen molar-refractivity contribution in [2.45, 2.75) is 39.0 Å². The van der Waals surface area contributed by atoms with Gasteiger partial charge in [-0.05, 0) is 38.5 Å². The van der Waals surface area contributed by atoms with Crippen LogP contribution in [0.3, 0.4) is 0 Å². The van der Waals surface area contributed by atoms with Crippen LogP contribution in [0.15, 0.2) is 29.4 Å². The van der Waals surface area contributed by atoms with Crippen LogP contribution in [0.25, 0.3) is 0 Å². The van der Waals surface area contributed by atoms with Crippen molar-refractivity contribution in [2.24, 2.45) is 5.10 Å². The highest BCUT2D eigenvalue weighted by Gasteiger charge is 2.36. The van der Waals surface area contributed by atoms with Crippen LogP contribution < -0.4 is 10.7 Å². The van der Waals surface area contributed by atoms with Crippen molar-refractivity contribution >= 4 is 23.4 Å². The van der Waals surface area contributed by atoms with E-state index in [1.165, 1.54) is 0 Å². The SMILES string of the molecule is CC(C)(C)OC(=O)N1CCN(Cc2ccc(NC(=O)C3=NNCC3[N+](=O)[O-])cc2)CC1. The molecule has 168 valence electrons. The van der Waals surface area contributed by atoms with Crippen LogP contribution in [0.4, 0.5) is 10.5 Å². The van der Waals surface area contributed by atoms with Crippen molar-refractivity contribution in [3.63, 3.8) is 0 Å². The number of hydrogen-bond acceptors (Lipinski definition) is 8. The molecule has 1 saturated heterocycles. The quantitative estimate of drug-likeness (QED) is 0.530. The van der Waals surface area contributed by atoms with Crippen molar-refractivity contribution in [1.82, 2.24) is 15.2 Å². The standard InChI is InChI=1S/C20H28N6O5/c1-20(2,3)31-19(28)25-10-8-24(9-11-25)13-14-4-6-15(7-5-14)22-18(27)17-16(26(29)30)12-21-23-17/h4-7,16,21H,8-13H2,1-3H3,(H,22,27). The van der Waals surface area contributed by atoms with Gasteiger partial charge in [-0.1, -0.05) is 12.1 Å². The van der Waals surface area contributed by atoms with Gasteiger partial charge in [-0.3, -0.25) is 19.8 Å². The molecule has 0 aromatic heterocycles. The summed E-state index contributed by atoms with van der Waals surface area (Å²) >= 11 is 0. The third kappa shape index (κ3) is 6.14. The molecule has 0 saturated carbocycles. The number of rotatable bonds is 5. The minimum atomic E-state index is -1.14. The molecular weight excluding hydrogens is 404 g/mol. The van der Waals surface area contributed by atoms with Gasteiger partial charge in [0, 0.05) is 43.3 Å². The Bertz CT molecular complexity index is 856. The largest absolute Gasteiger partial charge is 0.444 e. The maximum atomic E-state index is 12.3. The number of hydrogen-bond donors (Lipinski definition) is 2. The van der Waals surface area contributed by atoms with Crippen LogP contribution in [0.5, 0.6) is 0 Å². The third-order valence-corrected chi connectivity index (χ3v) is 4.93. The van der Waals surface area contributed by atoms with E-state index in [2.05, 4.69) is 20.7 Å². The number of ether oxygens (including phenoxy) is 1. The summed E-state index contributed by atoms with van der Waals surface area (Å²) in [6.07, 6.45) is -0.284. The average molecular weight is 432 g/mol. The van der Waals surface area contributed by atoms with Gasteiger partial charge in [-0.15, -0.1) is 0 Å². The van der Waals surface area contributed by atoms with Crippen LogP contribution in [0, 0.1) is 10.1 Å². The Morgan fingerprint density at radius 3 is 2.45 bits per heavy atom. The summed E-state index contributed by atoms with van der Waals surface area (Å²) in [6, 6.07) is 6.17. The van der Waals surface area contributed by atoms with Gasteiger partial charge in [0.1, 0.15) is 12.1 Å². The molecule has 2 aliphatic heterocycles. The van der Waals surface area contributed by atoms with E-state index >= 15 is 0 Å². The molecule has 1 fully saturated rings. The zero-order chi connectivity index (χ0) is 22.6. The van der Waals surface area contributed by atoms with Gasteiger partial charge >= 0.3 is 6.09 Å². The van der Waals surface area contributed by atoms with Crippen molar-refractivity contribution in [2.75, 3.05) is 38.0 Å². The molecule has 2 aliphatic rings. The highest BCUT2D eigenvalue weighted by Crippen LogP contribution is 2.16. The fraction of sp³-hybridized carbons (Fsp3) is 0.550. The van der Waals surface area contributed by atoms with E-state index in [0.29, 0.717) is 18.8 Å². The first-order valence-corrected chi connectivity index (χ1v) is 10.2. The summed E-state index contributed by atoms with van der Waals surface area (Å²) in [5.74, 6) is -0.585. The van der Waals surface area contributed by atoms with Gasteiger partial charge in [0.05, 0.1) is 0 Å². The maximum absolute atomic E-state index is 12.3. The summed E-state index contributed by atoms with van der Waals surface area (Å²) in [4.78, 5) is 38.9. The predicted molar refractivity (Wildman–Crippen MR) is 114 cm³/mol. The van der Waals surface area contributed by atoms with E-state index in [0.717, 1.165) is 25.2 Å². The number of amides is 2. The molecular formula is C20H28N6O5. The van der Waals surface area contributed by atoms with Crippen LogP contribution in [0.2, 0.25) is 0 Å². The van der Waals surface area contributed by atoms with E-state index in [1.807, 2.05) is 32.9 Å². The molecule has 11 heteroatoms. The molecule has 0 spiro atoms. The first-order chi connectivity index (χ1) is 14.6. The summed E-state index contributed by atoms with van der Waals surface area (Å²) in [7, 11) is 0. The number of carbonyl (C=O) groups excluding carboxylic acids is 2. The lowest BCUT2D eigenvalue weighted by Crippen LogP contribution is -2.49. The Hall–Kier alpha value is -3.21. The van der Waals surface area contributed by atoms with Gasteiger partial charge in [-0.2, -0.15) is 5.10 Å². The number of nitrogens with zero attached hydrogens (tertiary/aromatic N) is 4. The molecule has 1 aromatic carbocycles. The molecule has 1 aromatic rings. The summed E-state index contributed by atoms with van der Waals surface area (Å²) in [5, 5.41) is 17.4. The van der Waals surface area contributed by atoms with Gasteiger partial charge in [0.2, 0.25) is 5.71 Å². The van der Waals surface area contributed by atoms with E-state index in [9.17, 15) is 19.7 Å². The second-order valence-electron chi connectivity index (χ2n) is 8.56. The van der Waals surface area contributed by atoms with Gasteiger partial charge in [-0.25, -0.2) is 4.79 Å². The highest BCUT2D eigenvalue weighted by atomic mass is 16.6. The fourth-order valence-electron chi connectivity index (χ4n) is 3.33. The number of nitro groups is 1. The van der Waals surface area contributed by atoms with Crippen LogP contribution in [0.1, 0.15) is 26.3 Å². The zero-order valence-corrected chi connectivity index (χ0v) is 18.0. The first kappa shape index (κ1) is 22.5. The van der Waals surface area contributed by atoms with Crippen LogP contribution >= 0.6 is 0 Å². The van der Waals surface area contributed by atoms with Crippen molar-refractivity contribution in [3.05, 3.63) is 39.9 Å². The first-order valence-electron chi connectivity index (χ1n) is 10.2. The van der Waals surface area contributed by atoms with Crippen molar-refractivity contribution in [1.29, 1.82) is 0 Å². The Morgan fingerprint density at radius 2 is 1.87 bits per heavy atom. The van der Waals surface area contributed by atoms with Gasteiger partial charge in [0.15, 0.2) is 0 Å². The van der Waals surface area contributed by atoms with Crippen molar-refractivity contribution < 1.29 is 19.2 Å². The third-order valence-electron chi connectivity index (χ3n) is 4.93. The zero-order valence-electron chi connectivity index (χ0n) is 18.0. The summed E-state index contributed by atoms with van der Waals surface area (Å²) in [6.45, 7) is 8.99. The molecule has 11 nitrogen and oxygen atoms in total. The molecule has 2 N–H and O–H groups in total. The lowest BCUT2D eigenvalue weighted by molar-refractivity contribution is -0.498. The number of nitrogens with one attached hydrogen (secondary N) is 2. The van der Waals surface area contributed by atoms with Gasteiger partial charge < -0.3 is 20.4 Å². The maximum Gasteiger partial charge on any atom is 0.410 e. The molecule has 2 heterocycles. The minimum Gasteiger partial charge on any atom is -0.444 e. The number of anilines is 1. The van der Waals surface area contributed by atoms with Crippen LogP contribution in [-0.2, 0) is 16.1 Å². The Labute approximate surface area is 180 Å². The Kier molecular flexibility index (Phi) is 6.74.